The molecule has 9 nitrogen and oxygen atoms in total. The van der Waals surface area contributed by atoms with Crippen LogP contribution in [0.25, 0.3) is 0 Å². The van der Waals surface area contributed by atoms with Gasteiger partial charge in [0, 0.05) is 18.2 Å². The van der Waals surface area contributed by atoms with Crippen molar-refractivity contribution in [1.82, 2.24) is 0 Å². The zero-order chi connectivity index (χ0) is 24.4. The molecule has 1 aromatic heterocycles. The molecule has 0 aliphatic heterocycles. The third-order valence-electron chi connectivity index (χ3n) is 3.88. The van der Waals surface area contributed by atoms with Crippen molar-refractivity contribution in [3.8, 4) is 0 Å². The summed E-state index contributed by atoms with van der Waals surface area (Å²) < 4.78 is 31.8. The molecule has 0 aliphatic rings. The Hall–Kier alpha value is -3.70. The minimum absolute atomic E-state index is 0.00701. The number of carbonyl (C=O) groups is 3. The number of thiophene rings is 1. The summed E-state index contributed by atoms with van der Waals surface area (Å²) in [7, 11) is -3.82. The molecule has 4 N–H and O–H groups in total. The van der Waals surface area contributed by atoms with Gasteiger partial charge in [0.2, 0.25) is 11.8 Å². The Morgan fingerprint density at radius 1 is 1.00 bits per heavy atom. The van der Waals surface area contributed by atoms with Gasteiger partial charge in [0.25, 0.3) is 10.0 Å². The van der Waals surface area contributed by atoms with E-state index >= 15 is 0 Å². The first kappa shape index (κ1) is 25.6. The number of amides is 2. The highest BCUT2D eigenvalue weighted by Gasteiger charge is 2.15. The zero-order valence-corrected chi connectivity index (χ0v) is 19.5. The molecule has 0 atom stereocenters. The van der Waals surface area contributed by atoms with Crippen LogP contribution in [0, 0.1) is 0 Å². The van der Waals surface area contributed by atoms with E-state index in [1.165, 1.54) is 48.6 Å². The van der Waals surface area contributed by atoms with Crippen molar-refractivity contribution in [1.29, 1.82) is 0 Å². The summed E-state index contributed by atoms with van der Waals surface area (Å²) in [6, 6.07) is 15.1. The Morgan fingerprint density at radius 2 is 1.67 bits per heavy atom. The molecule has 0 spiro atoms. The second-order valence-electron chi connectivity index (χ2n) is 6.45. The van der Waals surface area contributed by atoms with Crippen LogP contribution in [0.5, 0.6) is 0 Å². The second-order valence-corrected chi connectivity index (χ2v) is 9.08. The lowest BCUT2D eigenvalue weighted by Gasteiger charge is -2.10. The van der Waals surface area contributed by atoms with Crippen molar-refractivity contribution in [2.24, 2.45) is 5.73 Å². The number of ether oxygens (including phenoxy) is 1. The van der Waals surface area contributed by atoms with Crippen LogP contribution in [-0.2, 0) is 19.6 Å². The Balaban J connectivity index is 0.000000321. The fourth-order valence-corrected chi connectivity index (χ4v) is 4.14. The molecule has 2 amide bonds. The van der Waals surface area contributed by atoms with Crippen molar-refractivity contribution >= 4 is 50.5 Å². The van der Waals surface area contributed by atoms with Crippen LogP contribution >= 0.6 is 11.3 Å². The maximum Gasteiger partial charge on any atom is 0.348 e. The summed E-state index contributed by atoms with van der Waals surface area (Å²) in [5.41, 5.74) is 6.11. The quantitative estimate of drug-likeness (QED) is 0.433. The van der Waals surface area contributed by atoms with Crippen LogP contribution in [0.15, 0.2) is 70.9 Å². The van der Waals surface area contributed by atoms with Crippen LogP contribution in [0.4, 0.5) is 11.4 Å². The first-order chi connectivity index (χ1) is 15.6. The second kappa shape index (κ2) is 11.8. The van der Waals surface area contributed by atoms with Crippen LogP contribution in [-0.4, -0.2) is 32.8 Å². The summed E-state index contributed by atoms with van der Waals surface area (Å²) in [4.78, 5) is 33.6. The standard InChI is InChI=1S/C15H15N3O4S.C7H8O2S/c1-10(19)17-12-3-2-4-13(9-12)18-23(21,22)14-7-5-11(6-8-14)15(16)20;1-2-9-7(8)6-4-3-5-10-6/h2-9,18H,1H3,(H2,16,20)(H,17,19);3-5H,2H2,1H3. The summed E-state index contributed by atoms with van der Waals surface area (Å²) in [5.74, 6) is -1.12. The van der Waals surface area contributed by atoms with Crippen molar-refractivity contribution in [2.45, 2.75) is 18.7 Å². The maximum atomic E-state index is 12.3. The zero-order valence-electron chi connectivity index (χ0n) is 17.9. The number of nitrogens with two attached hydrogens (primary N) is 1. The molecule has 3 aromatic rings. The Bertz CT molecular complexity index is 1210. The molecule has 0 bridgehead atoms. The molecule has 1 heterocycles. The molecular formula is C22H23N3O6S2. The van der Waals surface area contributed by atoms with Gasteiger partial charge in [0.05, 0.1) is 17.2 Å². The molecule has 33 heavy (non-hydrogen) atoms. The lowest BCUT2D eigenvalue weighted by atomic mass is 10.2. The van der Waals surface area contributed by atoms with E-state index in [1.54, 1.807) is 31.2 Å². The Kier molecular flexibility index (Phi) is 9.13. The number of esters is 1. The van der Waals surface area contributed by atoms with E-state index in [4.69, 9.17) is 10.5 Å². The van der Waals surface area contributed by atoms with Gasteiger partial charge in [0.15, 0.2) is 0 Å². The van der Waals surface area contributed by atoms with Crippen molar-refractivity contribution < 1.29 is 27.5 Å². The molecule has 0 saturated carbocycles. The Labute approximate surface area is 195 Å². The minimum atomic E-state index is -3.82. The fourth-order valence-electron chi connectivity index (χ4n) is 2.47. The number of benzene rings is 2. The molecule has 174 valence electrons. The van der Waals surface area contributed by atoms with E-state index in [1.807, 2.05) is 11.4 Å². The normalized spacial score (nSPS) is 10.4. The molecule has 0 saturated heterocycles. The fraction of sp³-hybridized carbons (Fsp3) is 0.136. The van der Waals surface area contributed by atoms with Gasteiger partial charge in [-0.05, 0) is 60.8 Å². The van der Waals surface area contributed by atoms with Crippen LogP contribution < -0.4 is 15.8 Å². The number of rotatable bonds is 7. The highest BCUT2D eigenvalue weighted by Crippen LogP contribution is 2.20. The molecular weight excluding hydrogens is 466 g/mol. The third-order valence-corrected chi connectivity index (χ3v) is 6.13. The van der Waals surface area contributed by atoms with Crippen LogP contribution in [0.1, 0.15) is 33.9 Å². The number of anilines is 2. The molecule has 0 radical (unpaired) electrons. The van der Waals surface area contributed by atoms with Crippen LogP contribution in [0.2, 0.25) is 0 Å². The Morgan fingerprint density at radius 3 is 2.21 bits per heavy atom. The monoisotopic (exact) mass is 489 g/mol. The number of primary amides is 1. The van der Waals surface area contributed by atoms with E-state index in [2.05, 4.69) is 10.0 Å². The molecule has 2 aromatic carbocycles. The number of carbonyl (C=O) groups excluding carboxylic acids is 3. The van der Waals surface area contributed by atoms with E-state index in [9.17, 15) is 22.8 Å². The molecule has 3 rings (SSSR count). The lowest BCUT2D eigenvalue weighted by molar-refractivity contribution is -0.114. The largest absolute Gasteiger partial charge is 0.462 e. The first-order valence-corrected chi connectivity index (χ1v) is 12.0. The minimum Gasteiger partial charge on any atom is -0.462 e. The van der Waals surface area contributed by atoms with Gasteiger partial charge in [-0.25, -0.2) is 13.2 Å². The van der Waals surface area contributed by atoms with Crippen molar-refractivity contribution in [3.05, 3.63) is 76.5 Å². The average molecular weight is 490 g/mol. The summed E-state index contributed by atoms with van der Waals surface area (Å²) in [6.07, 6.45) is 0. The van der Waals surface area contributed by atoms with E-state index in [0.717, 1.165) is 0 Å². The van der Waals surface area contributed by atoms with E-state index in [-0.39, 0.29) is 22.3 Å². The van der Waals surface area contributed by atoms with Crippen LogP contribution in [0.3, 0.4) is 0 Å². The predicted molar refractivity (Wildman–Crippen MR) is 127 cm³/mol. The number of hydrogen-bond donors (Lipinski definition) is 3. The smallest absolute Gasteiger partial charge is 0.348 e. The van der Waals surface area contributed by atoms with Gasteiger partial charge in [-0.3, -0.25) is 14.3 Å². The molecule has 0 fully saturated rings. The first-order valence-electron chi connectivity index (χ1n) is 9.63. The van der Waals surface area contributed by atoms with Gasteiger partial charge >= 0.3 is 5.97 Å². The van der Waals surface area contributed by atoms with Gasteiger partial charge in [0.1, 0.15) is 4.88 Å². The van der Waals surface area contributed by atoms with Gasteiger partial charge < -0.3 is 15.8 Å². The average Bonchev–Trinajstić information content (AvgIpc) is 3.29. The van der Waals surface area contributed by atoms with E-state index < -0.39 is 15.9 Å². The summed E-state index contributed by atoms with van der Waals surface area (Å²) in [6.45, 7) is 3.60. The number of sulfonamides is 1. The molecule has 11 heteroatoms. The van der Waals surface area contributed by atoms with Gasteiger partial charge in [-0.2, -0.15) is 0 Å². The molecule has 0 aliphatic carbocycles. The topological polar surface area (TPSA) is 145 Å². The summed E-state index contributed by atoms with van der Waals surface area (Å²) in [5, 5.41) is 4.42. The number of nitrogens with one attached hydrogen (secondary N) is 2. The SMILES string of the molecule is CC(=O)Nc1cccc(NS(=O)(=O)c2ccc(C(N)=O)cc2)c1.CCOC(=O)c1cccs1. The highest BCUT2D eigenvalue weighted by molar-refractivity contribution is 7.92. The highest BCUT2D eigenvalue weighted by atomic mass is 32.2. The van der Waals surface area contributed by atoms with Gasteiger partial charge in [-0.15, -0.1) is 11.3 Å². The lowest BCUT2D eigenvalue weighted by Crippen LogP contribution is -2.15. The van der Waals surface area contributed by atoms with Gasteiger partial charge in [-0.1, -0.05) is 12.1 Å². The van der Waals surface area contributed by atoms with Crippen molar-refractivity contribution in [2.75, 3.05) is 16.6 Å². The maximum absolute atomic E-state index is 12.3. The third kappa shape index (κ3) is 8.05. The molecule has 0 unspecified atom stereocenters. The summed E-state index contributed by atoms with van der Waals surface area (Å²) >= 11 is 1.40. The van der Waals surface area contributed by atoms with E-state index in [0.29, 0.717) is 22.9 Å². The number of hydrogen-bond acceptors (Lipinski definition) is 7. The predicted octanol–water partition coefficient (Wildman–Crippen LogP) is 3.47. The van der Waals surface area contributed by atoms with Crippen molar-refractivity contribution in [3.63, 3.8) is 0 Å².